The van der Waals surface area contributed by atoms with Gasteiger partial charge in [-0.2, -0.15) is 0 Å². The van der Waals surface area contributed by atoms with Crippen LogP contribution >= 0.6 is 0 Å². The number of nitrogens with one attached hydrogen (secondary N) is 1. The Balaban J connectivity index is 1.46. The molecule has 0 bridgehead atoms. The Kier molecular flexibility index (Phi) is 7.05. The third-order valence-electron chi connectivity index (χ3n) is 6.59. The second-order valence-electron chi connectivity index (χ2n) is 9.19. The van der Waals surface area contributed by atoms with E-state index in [1.54, 1.807) is 0 Å². The molecule has 11 heteroatoms. The van der Waals surface area contributed by atoms with Crippen molar-refractivity contribution in [1.29, 1.82) is 0 Å². The Morgan fingerprint density at radius 3 is 2.49 bits per heavy atom. The van der Waals surface area contributed by atoms with E-state index >= 15 is 0 Å². The third-order valence-corrected chi connectivity index (χ3v) is 6.59. The summed E-state index contributed by atoms with van der Waals surface area (Å²) >= 11 is 0. The Morgan fingerprint density at radius 2 is 1.78 bits per heavy atom. The molecule has 0 radical (unpaired) electrons. The van der Waals surface area contributed by atoms with Gasteiger partial charge in [0.25, 0.3) is 5.91 Å². The van der Waals surface area contributed by atoms with Crippen LogP contribution < -0.4 is 10.1 Å². The standard InChI is InChI=1S/C26H24F4N4O3/c27-17-1-2-21(28)20(11-17)19-5-9-31-22(15-3-7-26(29,30)8-4-15)23(19)34-24(35)16-12-32-25(33-13-16)37-18-6-10-36-14-18/h1-2,5,9,11-13,15,18H,3-4,6-8,10,14H2,(H,34,35)/t18-/m0/s1. The van der Waals surface area contributed by atoms with Gasteiger partial charge in [0.15, 0.2) is 0 Å². The first kappa shape index (κ1) is 25.1. The van der Waals surface area contributed by atoms with Crippen LogP contribution in [0.4, 0.5) is 23.2 Å². The zero-order valence-corrected chi connectivity index (χ0v) is 19.7. The van der Waals surface area contributed by atoms with E-state index in [9.17, 15) is 22.4 Å². The summed E-state index contributed by atoms with van der Waals surface area (Å²) in [4.78, 5) is 25.7. The van der Waals surface area contributed by atoms with E-state index in [1.807, 2.05) is 0 Å². The molecule has 3 aromatic rings. The van der Waals surface area contributed by atoms with E-state index in [0.29, 0.717) is 25.3 Å². The maximum atomic E-state index is 14.7. The minimum absolute atomic E-state index is 0.0844. The second kappa shape index (κ2) is 10.4. The first-order valence-electron chi connectivity index (χ1n) is 12.0. The van der Waals surface area contributed by atoms with Gasteiger partial charge in [-0.3, -0.25) is 9.78 Å². The number of carbonyl (C=O) groups is 1. The lowest BCUT2D eigenvalue weighted by atomic mass is 9.83. The van der Waals surface area contributed by atoms with Gasteiger partial charge in [0.1, 0.15) is 17.7 Å². The minimum Gasteiger partial charge on any atom is -0.458 e. The highest BCUT2D eigenvalue weighted by atomic mass is 19.3. The number of carbonyl (C=O) groups excluding carboxylic acids is 1. The number of alkyl halides is 2. The highest BCUT2D eigenvalue weighted by molar-refractivity contribution is 6.06. The van der Waals surface area contributed by atoms with Crippen LogP contribution in [0.1, 0.15) is 54.1 Å². The Bertz CT molecular complexity index is 1270. The number of pyridine rings is 1. The summed E-state index contributed by atoms with van der Waals surface area (Å²) in [5.41, 5.74) is 0.669. The molecule has 0 spiro atoms. The van der Waals surface area contributed by atoms with Gasteiger partial charge in [0.05, 0.1) is 30.2 Å². The van der Waals surface area contributed by atoms with Crippen LogP contribution in [0.5, 0.6) is 6.01 Å². The van der Waals surface area contributed by atoms with Crippen molar-refractivity contribution >= 4 is 11.6 Å². The summed E-state index contributed by atoms with van der Waals surface area (Å²) in [6.45, 7) is 1.02. The monoisotopic (exact) mass is 516 g/mol. The summed E-state index contributed by atoms with van der Waals surface area (Å²) in [7, 11) is 0. The summed E-state index contributed by atoms with van der Waals surface area (Å²) < 4.78 is 67.3. The summed E-state index contributed by atoms with van der Waals surface area (Å²) in [5, 5.41) is 2.73. The lowest BCUT2D eigenvalue weighted by molar-refractivity contribution is -0.0384. The molecular formula is C26H24F4N4O3. The van der Waals surface area contributed by atoms with Crippen molar-refractivity contribution in [3.63, 3.8) is 0 Å². The van der Waals surface area contributed by atoms with Crippen molar-refractivity contribution in [2.75, 3.05) is 18.5 Å². The fourth-order valence-electron chi connectivity index (χ4n) is 4.60. The smallest absolute Gasteiger partial charge is 0.316 e. The predicted molar refractivity (Wildman–Crippen MR) is 126 cm³/mol. The zero-order chi connectivity index (χ0) is 26.0. The van der Waals surface area contributed by atoms with Gasteiger partial charge in [0.2, 0.25) is 5.92 Å². The van der Waals surface area contributed by atoms with E-state index in [0.717, 1.165) is 18.2 Å². The van der Waals surface area contributed by atoms with Crippen LogP contribution in [-0.4, -0.2) is 46.1 Å². The molecule has 1 aliphatic carbocycles. The third kappa shape index (κ3) is 5.71. The average molecular weight is 516 g/mol. The molecule has 2 aliphatic rings. The summed E-state index contributed by atoms with van der Waals surface area (Å²) in [5.74, 6) is -5.15. The molecule has 2 aromatic heterocycles. The number of hydrogen-bond acceptors (Lipinski definition) is 6. The maximum Gasteiger partial charge on any atom is 0.316 e. The molecular weight excluding hydrogens is 492 g/mol. The number of benzene rings is 1. The number of aromatic nitrogens is 3. The van der Waals surface area contributed by atoms with E-state index in [-0.39, 0.29) is 60.2 Å². The largest absolute Gasteiger partial charge is 0.458 e. The van der Waals surface area contributed by atoms with Crippen LogP contribution in [0.25, 0.3) is 11.1 Å². The quantitative estimate of drug-likeness (QED) is 0.434. The van der Waals surface area contributed by atoms with Crippen molar-refractivity contribution in [1.82, 2.24) is 15.0 Å². The number of ether oxygens (including phenoxy) is 2. The van der Waals surface area contributed by atoms with E-state index in [2.05, 4.69) is 20.3 Å². The van der Waals surface area contributed by atoms with Crippen molar-refractivity contribution < 1.29 is 31.8 Å². The van der Waals surface area contributed by atoms with Crippen molar-refractivity contribution in [3.8, 4) is 17.1 Å². The highest BCUT2D eigenvalue weighted by Crippen LogP contribution is 2.44. The highest BCUT2D eigenvalue weighted by Gasteiger charge is 2.37. The number of amides is 1. The average Bonchev–Trinajstić information content (AvgIpc) is 3.39. The molecule has 194 valence electrons. The molecule has 1 aliphatic heterocycles. The van der Waals surface area contributed by atoms with Gasteiger partial charge in [-0.1, -0.05) is 0 Å². The van der Waals surface area contributed by atoms with E-state index < -0.39 is 29.4 Å². The zero-order valence-electron chi connectivity index (χ0n) is 19.7. The molecule has 1 amide bonds. The topological polar surface area (TPSA) is 86.2 Å². The first-order chi connectivity index (χ1) is 17.8. The maximum absolute atomic E-state index is 14.7. The Morgan fingerprint density at radius 1 is 1.03 bits per heavy atom. The molecule has 2 fully saturated rings. The van der Waals surface area contributed by atoms with Crippen molar-refractivity contribution in [2.45, 2.75) is 50.0 Å². The van der Waals surface area contributed by atoms with Gasteiger partial charge < -0.3 is 14.8 Å². The van der Waals surface area contributed by atoms with Crippen LogP contribution in [0.2, 0.25) is 0 Å². The molecule has 1 atom stereocenters. The molecule has 1 aromatic carbocycles. The predicted octanol–water partition coefficient (Wildman–Crippen LogP) is 5.53. The fourth-order valence-corrected chi connectivity index (χ4v) is 4.60. The summed E-state index contributed by atoms with van der Waals surface area (Å²) in [6, 6.07) is 4.53. The first-order valence-corrected chi connectivity index (χ1v) is 12.0. The number of halogens is 4. The van der Waals surface area contributed by atoms with Gasteiger partial charge in [-0.05, 0) is 37.1 Å². The molecule has 37 heavy (non-hydrogen) atoms. The molecule has 7 nitrogen and oxygen atoms in total. The van der Waals surface area contributed by atoms with E-state index in [4.69, 9.17) is 9.47 Å². The Hall–Kier alpha value is -3.60. The number of hydrogen-bond donors (Lipinski definition) is 1. The van der Waals surface area contributed by atoms with Crippen molar-refractivity contribution in [3.05, 3.63) is 65.7 Å². The minimum atomic E-state index is -2.77. The molecule has 3 heterocycles. The fraction of sp³-hybridized carbons (Fsp3) is 0.385. The second-order valence-corrected chi connectivity index (χ2v) is 9.19. The normalized spacial score (nSPS) is 19.5. The van der Waals surface area contributed by atoms with E-state index in [1.165, 1.54) is 24.7 Å². The Labute approximate surface area is 210 Å². The number of anilines is 1. The van der Waals surface area contributed by atoms with Crippen LogP contribution in [0, 0.1) is 11.6 Å². The molecule has 1 saturated heterocycles. The lowest BCUT2D eigenvalue weighted by Gasteiger charge is -2.29. The number of rotatable bonds is 6. The van der Waals surface area contributed by atoms with Crippen LogP contribution in [0.15, 0.2) is 42.9 Å². The molecule has 0 unspecified atom stereocenters. The van der Waals surface area contributed by atoms with Crippen LogP contribution in [0.3, 0.4) is 0 Å². The molecule has 1 N–H and O–H groups in total. The van der Waals surface area contributed by atoms with Gasteiger partial charge in [-0.15, -0.1) is 0 Å². The molecule has 5 rings (SSSR count). The lowest BCUT2D eigenvalue weighted by Crippen LogP contribution is -2.25. The van der Waals surface area contributed by atoms with Crippen LogP contribution in [-0.2, 0) is 4.74 Å². The summed E-state index contributed by atoms with van der Waals surface area (Å²) in [6.07, 6.45) is 4.14. The molecule has 1 saturated carbocycles. The van der Waals surface area contributed by atoms with Gasteiger partial charge in [0, 0.05) is 54.9 Å². The van der Waals surface area contributed by atoms with Gasteiger partial charge >= 0.3 is 6.01 Å². The van der Waals surface area contributed by atoms with Gasteiger partial charge in [-0.25, -0.2) is 27.5 Å². The number of nitrogens with zero attached hydrogens (tertiary/aromatic N) is 3. The van der Waals surface area contributed by atoms with Crippen molar-refractivity contribution in [2.24, 2.45) is 0 Å². The SMILES string of the molecule is O=C(Nc1c(-c2cc(F)ccc2F)ccnc1C1CCC(F)(F)CC1)c1cnc(O[C@H]2CCOC2)nc1.